The Kier molecular flexibility index (Phi) is 1.40. The van der Waals surface area contributed by atoms with E-state index in [0.717, 1.165) is 12.4 Å². The zero-order valence-corrected chi connectivity index (χ0v) is 7.06. The first-order valence-corrected chi connectivity index (χ1v) is 4.51. The molecule has 2 heterocycles. The maximum Gasteiger partial charge on any atom is 0.133 e. The maximum absolute atomic E-state index is 2.57. The quantitative estimate of drug-likeness (QED) is 0.445. The third-order valence-electron chi connectivity index (χ3n) is 3.14. The second kappa shape index (κ2) is 2.06. The maximum atomic E-state index is 2.57. The van der Waals surface area contributed by atoms with Crippen molar-refractivity contribution >= 4 is 14.0 Å². The van der Waals surface area contributed by atoms with Crippen LogP contribution in [0.1, 0.15) is 20.3 Å². The highest BCUT2D eigenvalue weighted by Crippen LogP contribution is 2.47. The molecule has 0 N–H and O–H groups in total. The van der Waals surface area contributed by atoms with Crippen LogP contribution in [0, 0.1) is 5.41 Å². The molecule has 0 nitrogen and oxygen atoms in total. The van der Waals surface area contributed by atoms with E-state index in [-0.39, 0.29) is 0 Å². The Labute approximate surface area is 65.1 Å². The lowest BCUT2D eigenvalue weighted by molar-refractivity contribution is 0.397. The molecule has 53 valence electrons. The lowest BCUT2D eigenvalue weighted by atomic mass is 9.53. The van der Waals surface area contributed by atoms with Gasteiger partial charge in [-0.25, -0.2) is 0 Å². The molecule has 0 bridgehead atoms. The summed E-state index contributed by atoms with van der Waals surface area (Å²) >= 11 is 0. The van der Waals surface area contributed by atoms with Gasteiger partial charge < -0.3 is 0 Å². The van der Waals surface area contributed by atoms with Crippen molar-refractivity contribution in [2.45, 2.75) is 44.9 Å². The second-order valence-corrected chi connectivity index (χ2v) is 4.80. The molecule has 0 saturated carbocycles. The summed E-state index contributed by atoms with van der Waals surface area (Å²) in [5.41, 5.74) is 1.65. The third kappa shape index (κ3) is 1.26. The highest BCUT2D eigenvalue weighted by molar-refractivity contribution is 6.83. The van der Waals surface area contributed by atoms with Gasteiger partial charge in [-0.15, -0.1) is 0 Å². The van der Waals surface area contributed by atoms with E-state index in [1.807, 2.05) is 0 Å². The Hall–Kier alpha value is 0.130. The highest BCUT2D eigenvalue weighted by atomic mass is 14.2. The third-order valence-corrected chi connectivity index (χ3v) is 3.14. The Morgan fingerprint density at radius 2 is 2.30 bits per heavy atom. The van der Waals surface area contributed by atoms with Crippen LogP contribution in [0.2, 0.25) is 24.7 Å². The molecule has 10 heavy (non-hydrogen) atoms. The topological polar surface area (TPSA) is 0 Å². The van der Waals surface area contributed by atoms with Gasteiger partial charge in [0.2, 0.25) is 0 Å². The first kappa shape index (κ1) is 6.82. The van der Waals surface area contributed by atoms with Crippen molar-refractivity contribution in [3.8, 4) is 0 Å². The van der Waals surface area contributed by atoms with Crippen LogP contribution in [0.25, 0.3) is 0 Å². The van der Waals surface area contributed by atoms with Gasteiger partial charge in [0, 0.05) is 0 Å². The lowest BCUT2D eigenvalue weighted by Crippen LogP contribution is -2.11. The van der Waals surface area contributed by atoms with E-state index in [9.17, 15) is 0 Å². The van der Waals surface area contributed by atoms with Crippen molar-refractivity contribution in [2.75, 3.05) is 0 Å². The number of hydrogen-bond acceptors (Lipinski definition) is 0. The first-order valence-electron chi connectivity index (χ1n) is 4.51. The molecule has 0 aromatic heterocycles. The smallest absolute Gasteiger partial charge is 0.0952 e. The molecule has 0 aromatic carbocycles. The minimum Gasteiger partial charge on any atom is -0.0952 e. The van der Waals surface area contributed by atoms with Crippen LogP contribution in [0.5, 0.6) is 0 Å². The van der Waals surface area contributed by atoms with Crippen LogP contribution in [0.4, 0.5) is 0 Å². The van der Waals surface area contributed by atoms with Crippen molar-refractivity contribution in [1.82, 2.24) is 0 Å². The van der Waals surface area contributed by atoms with Gasteiger partial charge in [0.15, 0.2) is 0 Å². The van der Waals surface area contributed by atoms with E-state index in [1.165, 1.54) is 25.4 Å². The summed E-state index contributed by atoms with van der Waals surface area (Å²) in [6.45, 7) is 5.89. The van der Waals surface area contributed by atoms with E-state index in [4.69, 9.17) is 0 Å². The van der Waals surface area contributed by atoms with Gasteiger partial charge in [-0.2, -0.15) is 0 Å². The molecule has 2 aliphatic rings. The second-order valence-electron chi connectivity index (χ2n) is 4.80. The van der Waals surface area contributed by atoms with E-state index in [1.54, 1.807) is 0 Å². The fourth-order valence-electron chi connectivity index (χ4n) is 2.04. The summed E-state index contributed by atoms with van der Waals surface area (Å²) < 4.78 is 0. The predicted octanol–water partition coefficient (Wildman–Crippen LogP) is 2.37. The van der Waals surface area contributed by atoms with Crippen molar-refractivity contribution in [3.63, 3.8) is 0 Å². The van der Waals surface area contributed by atoms with Crippen LogP contribution in [-0.4, -0.2) is 14.0 Å². The minimum atomic E-state index is 0.618. The molecule has 1 atom stereocenters. The summed E-state index contributed by atoms with van der Waals surface area (Å²) in [4.78, 5) is 0. The fraction of sp³-hybridized carbons (Fsp3) is 1.00. The first-order chi connectivity index (χ1) is 4.67. The number of rotatable bonds is 0. The molecule has 0 aromatic rings. The molecule has 0 spiro atoms. The number of hydrogen-bond donors (Lipinski definition) is 0. The Morgan fingerprint density at radius 3 is 3.10 bits per heavy atom. The van der Waals surface area contributed by atoms with Crippen LogP contribution in [-0.2, 0) is 0 Å². The molecule has 2 saturated heterocycles. The van der Waals surface area contributed by atoms with Crippen molar-refractivity contribution < 1.29 is 0 Å². The summed E-state index contributed by atoms with van der Waals surface area (Å²) in [5.74, 6) is 0. The average molecular weight is 133 g/mol. The molecule has 2 aliphatic heterocycles. The van der Waals surface area contributed by atoms with Crippen molar-refractivity contribution in [1.29, 1.82) is 0 Å². The molecule has 2 rings (SSSR count). The van der Waals surface area contributed by atoms with Crippen molar-refractivity contribution in [2.24, 2.45) is 5.41 Å². The monoisotopic (exact) mass is 133 g/mol. The van der Waals surface area contributed by atoms with E-state index in [2.05, 4.69) is 21.1 Å². The van der Waals surface area contributed by atoms with Gasteiger partial charge in [-0.1, -0.05) is 44.9 Å². The van der Waals surface area contributed by atoms with Gasteiger partial charge in [0.05, 0.1) is 0 Å². The largest absolute Gasteiger partial charge is 0.133 e. The SMILES string of the molecule is CC1(C)C[B]C2CB2CC1. The average Bonchev–Trinajstić information content (AvgIpc) is 2.56. The van der Waals surface area contributed by atoms with Crippen LogP contribution in [0.15, 0.2) is 0 Å². The molecule has 1 unspecified atom stereocenters. The summed E-state index contributed by atoms with van der Waals surface area (Å²) in [6, 6.07) is 0. The van der Waals surface area contributed by atoms with E-state index < -0.39 is 0 Å². The minimum absolute atomic E-state index is 0.618. The molecule has 1 radical (unpaired) electrons. The predicted molar refractivity (Wildman–Crippen MR) is 48.1 cm³/mol. The molecule has 2 fully saturated rings. The Balaban J connectivity index is 1.96. The summed E-state index contributed by atoms with van der Waals surface area (Å²) in [7, 11) is 2.57. The van der Waals surface area contributed by atoms with Gasteiger partial charge in [-0.3, -0.25) is 0 Å². The molecular weight excluding hydrogens is 118 g/mol. The van der Waals surface area contributed by atoms with Crippen LogP contribution in [0.3, 0.4) is 0 Å². The summed E-state index contributed by atoms with van der Waals surface area (Å²) in [6.07, 6.45) is 5.81. The Bertz CT molecular complexity index is 128. The molecular formula is C8H15B2. The van der Waals surface area contributed by atoms with E-state index >= 15 is 0 Å². The normalized spacial score (nSPS) is 35.8. The van der Waals surface area contributed by atoms with Crippen LogP contribution < -0.4 is 0 Å². The van der Waals surface area contributed by atoms with Crippen molar-refractivity contribution in [3.05, 3.63) is 0 Å². The molecule has 2 heteroatoms. The standard InChI is InChI=1S/C8H15B2/c1-8(2)3-4-10-5-7(10)9-6-8/h7H,3-6H2,1-2H3. The summed E-state index contributed by atoms with van der Waals surface area (Å²) in [5, 5.41) is 0. The zero-order valence-electron chi connectivity index (χ0n) is 7.06. The van der Waals surface area contributed by atoms with Gasteiger partial charge in [-0.05, 0) is 5.41 Å². The van der Waals surface area contributed by atoms with E-state index in [0.29, 0.717) is 5.41 Å². The van der Waals surface area contributed by atoms with Gasteiger partial charge in [0.1, 0.15) is 14.0 Å². The lowest BCUT2D eigenvalue weighted by Gasteiger charge is -2.22. The fourth-order valence-corrected chi connectivity index (χ4v) is 2.04. The molecule has 0 amide bonds. The van der Waals surface area contributed by atoms with Crippen LogP contribution >= 0.6 is 0 Å². The Morgan fingerprint density at radius 1 is 1.50 bits per heavy atom. The number of fused-ring (bicyclic) bond motifs is 1. The van der Waals surface area contributed by atoms with Gasteiger partial charge in [0.25, 0.3) is 0 Å². The molecule has 0 aliphatic carbocycles. The van der Waals surface area contributed by atoms with Gasteiger partial charge >= 0.3 is 0 Å². The highest BCUT2D eigenvalue weighted by Gasteiger charge is 2.43. The zero-order chi connectivity index (χ0) is 7.19.